The molecule has 0 aliphatic rings. The van der Waals surface area contributed by atoms with Crippen LogP contribution in [-0.4, -0.2) is 42.9 Å². The van der Waals surface area contributed by atoms with Crippen LogP contribution in [0.15, 0.2) is 18.2 Å². The number of carbonyl (C=O) groups excluding carboxylic acids is 4. The first-order valence-electron chi connectivity index (χ1n) is 13.3. The monoisotopic (exact) mass is 551 g/mol. The number of rotatable bonds is 12. The van der Waals surface area contributed by atoms with Crippen molar-refractivity contribution in [2.45, 2.75) is 99.8 Å². The minimum Gasteiger partial charge on any atom is -0.457 e. The van der Waals surface area contributed by atoms with Gasteiger partial charge < -0.3 is 29.4 Å². The van der Waals surface area contributed by atoms with Gasteiger partial charge in [0.2, 0.25) is 0 Å². The van der Waals surface area contributed by atoms with Gasteiger partial charge in [0.15, 0.2) is 11.5 Å². The number of hydrogen-bond acceptors (Lipinski definition) is 10. The standard InChI is InChI=1S/C29H45NO9/c1-11-17(3)24(31)38-22-14-13-21(15-23(22)39-25(32)18(4)12-2)29(10,30)26(33)36-19(5)20(6)37-27(34)35-16-28(7,8)9/h13-15,17-20H,11-12,16,30H2,1-10H3/t17?,18?,19-,20-,29-/m0/s1. The molecule has 0 amide bonds. The zero-order chi connectivity index (χ0) is 30.1. The Kier molecular flexibility index (Phi) is 12.4. The maximum absolute atomic E-state index is 13.1. The number of nitrogens with two attached hydrogens (primary N) is 1. The molecule has 220 valence electrons. The van der Waals surface area contributed by atoms with E-state index in [-0.39, 0.29) is 35.0 Å². The Morgan fingerprint density at radius 3 is 1.77 bits per heavy atom. The summed E-state index contributed by atoms with van der Waals surface area (Å²) in [5, 5.41) is 0. The van der Waals surface area contributed by atoms with Gasteiger partial charge in [-0.3, -0.25) is 9.59 Å². The Bertz CT molecular complexity index is 1010. The summed E-state index contributed by atoms with van der Waals surface area (Å²) in [5.74, 6) is -2.58. The van der Waals surface area contributed by atoms with Crippen molar-refractivity contribution in [1.82, 2.24) is 0 Å². The van der Waals surface area contributed by atoms with Crippen LogP contribution in [0.5, 0.6) is 11.5 Å². The quantitative estimate of drug-likeness (QED) is 0.269. The van der Waals surface area contributed by atoms with E-state index in [9.17, 15) is 19.2 Å². The van der Waals surface area contributed by atoms with Gasteiger partial charge in [0, 0.05) is 0 Å². The second-order valence-electron chi connectivity index (χ2n) is 11.4. The van der Waals surface area contributed by atoms with Crippen LogP contribution in [0.4, 0.5) is 4.79 Å². The van der Waals surface area contributed by atoms with Gasteiger partial charge in [-0.15, -0.1) is 0 Å². The molecular formula is C29H45NO9. The predicted octanol–water partition coefficient (Wildman–Crippen LogP) is 5.28. The van der Waals surface area contributed by atoms with E-state index in [1.165, 1.54) is 25.1 Å². The first kappa shape index (κ1) is 33.9. The summed E-state index contributed by atoms with van der Waals surface area (Å²) in [6.45, 7) is 17.6. The molecule has 0 bridgehead atoms. The molecule has 0 spiro atoms. The minimum atomic E-state index is -1.68. The molecule has 5 atom stereocenters. The van der Waals surface area contributed by atoms with E-state index < -0.39 is 47.7 Å². The van der Waals surface area contributed by atoms with Crippen LogP contribution in [0.25, 0.3) is 0 Å². The van der Waals surface area contributed by atoms with Crippen LogP contribution < -0.4 is 15.2 Å². The first-order valence-corrected chi connectivity index (χ1v) is 13.3. The molecule has 0 aliphatic heterocycles. The summed E-state index contributed by atoms with van der Waals surface area (Å²) < 4.78 is 26.8. The molecule has 1 rings (SSSR count). The fourth-order valence-electron chi connectivity index (χ4n) is 2.81. The molecule has 1 aromatic rings. The molecule has 1 aromatic carbocycles. The Morgan fingerprint density at radius 2 is 1.28 bits per heavy atom. The average molecular weight is 552 g/mol. The van der Waals surface area contributed by atoms with E-state index in [2.05, 4.69) is 0 Å². The van der Waals surface area contributed by atoms with Gasteiger partial charge in [-0.2, -0.15) is 0 Å². The lowest BCUT2D eigenvalue weighted by molar-refractivity contribution is -0.160. The van der Waals surface area contributed by atoms with Crippen molar-refractivity contribution < 1.29 is 42.9 Å². The fourth-order valence-corrected chi connectivity index (χ4v) is 2.81. The summed E-state index contributed by atoms with van der Waals surface area (Å²) in [7, 11) is 0. The molecule has 10 heteroatoms. The molecule has 2 N–H and O–H groups in total. The Hall–Kier alpha value is -3.14. The van der Waals surface area contributed by atoms with Crippen LogP contribution in [0.1, 0.15) is 87.6 Å². The average Bonchev–Trinajstić information content (AvgIpc) is 2.86. The van der Waals surface area contributed by atoms with Crippen LogP contribution in [0.3, 0.4) is 0 Å². The Balaban J connectivity index is 3.12. The molecule has 0 aromatic heterocycles. The highest BCUT2D eigenvalue weighted by Crippen LogP contribution is 2.34. The van der Waals surface area contributed by atoms with Gasteiger partial charge in [0.1, 0.15) is 17.7 Å². The second-order valence-corrected chi connectivity index (χ2v) is 11.4. The maximum atomic E-state index is 13.1. The van der Waals surface area contributed by atoms with Crippen LogP contribution in [0, 0.1) is 17.3 Å². The Labute approximate surface area is 231 Å². The van der Waals surface area contributed by atoms with Crippen molar-refractivity contribution in [1.29, 1.82) is 0 Å². The van der Waals surface area contributed by atoms with Crippen molar-refractivity contribution in [2.24, 2.45) is 23.0 Å². The number of benzene rings is 1. The lowest BCUT2D eigenvalue weighted by atomic mass is 9.92. The smallest absolute Gasteiger partial charge is 0.457 e. The topological polar surface area (TPSA) is 140 Å². The molecule has 0 fully saturated rings. The normalized spacial score (nSPS) is 16.1. The van der Waals surface area contributed by atoms with Gasteiger partial charge >= 0.3 is 24.1 Å². The molecule has 2 unspecified atom stereocenters. The van der Waals surface area contributed by atoms with E-state index in [0.717, 1.165) is 0 Å². The lowest BCUT2D eigenvalue weighted by Gasteiger charge is -2.28. The van der Waals surface area contributed by atoms with Crippen molar-refractivity contribution >= 4 is 24.1 Å². The fraction of sp³-hybridized carbons (Fsp3) is 0.655. The van der Waals surface area contributed by atoms with Crippen molar-refractivity contribution in [3.05, 3.63) is 23.8 Å². The van der Waals surface area contributed by atoms with Gasteiger partial charge in [-0.1, -0.05) is 54.5 Å². The summed E-state index contributed by atoms with van der Waals surface area (Å²) in [6.07, 6.45) is -1.41. The number of esters is 3. The van der Waals surface area contributed by atoms with Gasteiger partial charge in [-0.05, 0) is 56.7 Å². The van der Waals surface area contributed by atoms with Gasteiger partial charge in [0.25, 0.3) is 0 Å². The molecule has 39 heavy (non-hydrogen) atoms. The number of hydrogen-bond donors (Lipinski definition) is 1. The van der Waals surface area contributed by atoms with E-state index in [0.29, 0.717) is 12.8 Å². The van der Waals surface area contributed by atoms with E-state index in [1.807, 2.05) is 34.6 Å². The van der Waals surface area contributed by atoms with E-state index in [1.54, 1.807) is 27.7 Å². The minimum absolute atomic E-state index is 0.0361. The summed E-state index contributed by atoms with van der Waals surface area (Å²) in [5.41, 5.74) is 4.72. The molecule has 0 aliphatic carbocycles. The van der Waals surface area contributed by atoms with Crippen molar-refractivity contribution in [2.75, 3.05) is 6.61 Å². The zero-order valence-corrected chi connectivity index (χ0v) is 24.9. The van der Waals surface area contributed by atoms with E-state index in [4.69, 9.17) is 29.4 Å². The maximum Gasteiger partial charge on any atom is 0.508 e. The Morgan fingerprint density at radius 1 is 0.795 bits per heavy atom. The third-order valence-electron chi connectivity index (χ3n) is 6.28. The van der Waals surface area contributed by atoms with Gasteiger partial charge in [-0.25, -0.2) is 9.59 Å². The number of ether oxygens (including phenoxy) is 5. The lowest BCUT2D eigenvalue weighted by Crippen LogP contribution is -2.46. The van der Waals surface area contributed by atoms with Crippen LogP contribution in [-0.2, 0) is 34.1 Å². The highest BCUT2D eigenvalue weighted by atomic mass is 16.7. The van der Waals surface area contributed by atoms with Crippen LogP contribution in [0.2, 0.25) is 0 Å². The summed E-state index contributed by atoms with van der Waals surface area (Å²) >= 11 is 0. The molecule has 0 saturated carbocycles. The highest BCUT2D eigenvalue weighted by Gasteiger charge is 2.36. The third-order valence-corrected chi connectivity index (χ3v) is 6.28. The van der Waals surface area contributed by atoms with Crippen molar-refractivity contribution in [3.8, 4) is 11.5 Å². The SMILES string of the molecule is CCC(C)C(=O)Oc1ccc([C@](C)(N)C(=O)O[C@@H](C)[C@H](C)OC(=O)OCC(C)(C)C)cc1OC(=O)C(C)CC. The molecule has 0 saturated heterocycles. The van der Waals surface area contributed by atoms with Crippen LogP contribution >= 0.6 is 0 Å². The predicted molar refractivity (Wildman–Crippen MR) is 145 cm³/mol. The number of carbonyl (C=O) groups is 4. The molecular weight excluding hydrogens is 506 g/mol. The largest absolute Gasteiger partial charge is 0.508 e. The third kappa shape index (κ3) is 10.5. The molecule has 0 heterocycles. The van der Waals surface area contributed by atoms with Crippen molar-refractivity contribution in [3.63, 3.8) is 0 Å². The zero-order valence-electron chi connectivity index (χ0n) is 24.9. The second kappa shape index (κ2) is 14.3. The molecule has 0 radical (unpaired) electrons. The van der Waals surface area contributed by atoms with Gasteiger partial charge in [0.05, 0.1) is 18.4 Å². The summed E-state index contributed by atoms with van der Waals surface area (Å²) in [6, 6.07) is 4.30. The first-order chi connectivity index (χ1) is 17.9. The van der Waals surface area contributed by atoms with E-state index >= 15 is 0 Å². The highest BCUT2D eigenvalue weighted by molar-refractivity contribution is 5.83. The molecule has 10 nitrogen and oxygen atoms in total. The summed E-state index contributed by atoms with van der Waals surface area (Å²) in [4.78, 5) is 50.0.